The number of amides is 2. The van der Waals surface area contributed by atoms with Gasteiger partial charge in [0.25, 0.3) is 0 Å². The molecule has 0 fully saturated rings. The molecule has 2 amide bonds. The van der Waals surface area contributed by atoms with Crippen molar-refractivity contribution in [2.45, 2.75) is 52.6 Å². The summed E-state index contributed by atoms with van der Waals surface area (Å²) in [6, 6.07) is 1.61. The van der Waals surface area contributed by atoms with Crippen LogP contribution in [0.3, 0.4) is 0 Å². The summed E-state index contributed by atoms with van der Waals surface area (Å²) in [5.41, 5.74) is 1.15. The molecule has 0 aliphatic heterocycles. The molecule has 124 valence electrons. The van der Waals surface area contributed by atoms with Crippen LogP contribution in [-0.4, -0.2) is 29.9 Å². The van der Waals surface area contributed by atoms with E-state index in [0.717, 1.165) is 11.3 Å². The Labute approximate surface area is 141 Å². The van der Waals surface area contributed by atoms with Gasteiger partial charge in [0.05, 0.1) is 6.04 Å². The van der Waals surface area contributed by atoms with E-state index in [-0.39, 0.29) is 17.9 Å². The Hall–Kier alpha value is -1.01. The Kier molecular flexibility index (Phi) is 7.96. The first-order chi connectivity index (χ1) is 10.4. The van der Waals surface area contributed by atoms with Gasteiger partial charge in [0.15, 0.2) is 0 Å². The predicted octanol–water partition coefficient (Wildman–Crippen LogP) is 3.19. The molecule has 1 heterocycles. The smallest absolute Gasteiger partial charge is 0.243 e. The molecule has 0 spiro atoms. The van der Waals surface area contributed by atoms with E-state index in [0.29, 0.717) is 12.8 Å². The van der Waals surface area contributed by atoms with Crippen LogP contribution in [0.4, 0.5) is 0 Å². The summed E-state index contributed by atoms with van der Waals surface area (Å²) in [5, 5.41) is 5.85. The standard InChI is InChI=1S/C16H26N2O2S2/c1-6-15(19)18-14(7-8-21-5)16(20)17-11(3)13-9-10(2)22-12(13)4/h9,11,14H,6-8H2,1-5H3,(H,17,20)(H,18,19). The van der Waals surface area contributed by atoms with E-state index in [1.54, 1.807) is 30.0 Å². The highest BCUT2D eigenvalue weighted by Gasteiger charge is 2.22. The van der Waals surface area contributed by atoms with Crippen molar-refractivity contribution in [2.75, 3.05) is 12.0 Å². The van der Waals surface area contributed by atoms with Gasteiger partial charge in [-0.3, -0.25) is 9.59 Å². The zero-order valence-corrected chi connectivity index (χ0v) is 15.6. The molecular weight excluding hydrogens is 316 g/mol. The van der Waals surface area contributed by atoms with E-state index in [1.165, 1.54) is 9.75 Å². The maximum Gasteiger partial charge on any atom is 0.243 e. The lowest BCUT2D eigenvalue weighted by Crippen LogP contribution is -2.47. The second-order valence-electron chi connectivity index (χ2n) is 5.35. The van der Waals surface area contributed by atoms with Crippen LogP contribution in [0.2, 0.25) is 0 Å². The lowest BCUT2D eigenvalue weighted by atomic mass is 10.1. The Bertz CT molecular complexity index is 514. The number of aryl methyl sites for hydroxylation is 2. The Balaban J connectivity index is 2.72. The fourth-order valence-corrected chi connectivity index (χ4v) is 3.77. The molecule has 2 unspecified atom stereocenters. The van der Waals surface area contributed by atoms with Crippen molar-refractivity contribution in [1.29, 1.82) is 0 Å². The third-order valence-electron chi connectivity index (χ3n) is 3.49. The van der Waals surface area contributed by atoms with Crippen molar-refractivity contribution in [2.24, 2.45) is 0 Å². The van der Waals surface area contributed by atoms with Crippen molar-refractivity contribution in [1.82, 2.24) is 10.6 Å². The summed E-state index contributed by atoms with van der Waals surface area (Å²) >= 11 is 3.41. The van der Waals surface area contributed by atoms with Crippen molar-refractivity contribution >= 4 is 34.9 Å². The number of rotatable bonds is 8. The largest absolute Gasteiger partial charge is 0.348 e. The third-order valence-corrected chi connectivity index (χ3v) is 5.11. The first-order valence-corrected chi connectivity index (χ1v) is 9.75. The van der Waals surface area contributed by atoms with E-state index >= 15 is 0 Å². The number of nitrogens with one attached hydrogen (secondary N) is 2. The average molecular weight is 343 g/mol. The highest BCUT2D eigenvalue weighted by molar-refractivity contribution is 7.98. The molecule has 22 heavy (non-hydrogen) atoms. The van der Waals surface area contributed by atoms with Crippen LogP contribution in [0.1, 0.15) is 48.0 Å². The molecule has 1 rings (SSSR count). The maximum absolute atomic E-state index is 12.5. The molecular formula is C16H26N2O2S2. The highest BCUT2D eigenvalue weighted by Crippen LogP contribution is 2.26. The van der Waals surface area contributed by atoms with E-state index in [2.05, 4.69) is 30.5 Å². The quantitative estimate of drug-likeness (QED) is 0.763. The van der Waals surface area contributed by atoms with Crippen LogP contribution < -0.4 is 10.6 Å². The first-order valence-electron chi connectivity index (χ1n) is 7.54. The fraction of sp³-hybridized carbons (Fsp3) is 0.625. The summed E-state index contributed by atoms with van der Waals surface area (Å²) in [5.74, 6) is 0.649. The van der Waals surface area contributed by atoms with Gasteiger partial charge in [-0.05, 0) is 50.8 Å². The van der Waals surface area contributed by atoms with Crippen molar-refractivity contribution in [3.63, 3.8) is 0 Å². The topological polar surface area (TPSA) is 58.2 Å². The predicted molar refractivity (Wildman–Crippen MR) is 95.6 cm³/mol. The van der Waals surface area contributed by atoms with Gasteiger partial charge in [-0.15, -0.1) is 11.3 Å². The van der Waals surface area contributed by atoms with Crippen molar-refractivity contribution < 1.29 is 9.59 Å². The summed E-state index contributed by atoms with van der Waals surface area (Å²) in [6.07, 6.45) is 3.03. The second kappa shape index (κ2) is 9.20. The monoisotopic (exact) mass is 342 g/mol. The molecule has 4 nitrogen and oxygen atoms in total. The molecule has 0 saturated heterocycles. The van der Waals surface area contributed by atoms with Gasteiger partial charge in [-0.2, -0.15) is 11.8 Å². The van der Waals surface area contributed by atoms with Gasteiger partial charge in [0.2, 0.25) is 11.8 Å². The number of hydrogen-bond donors (Lipinski definition) is 2. The molecule has 0 aromatic carbocycles. The number of carbonyl (C=O) groups is 2. The minimum Gasteiger partial charge on any atom is -0.348 e. The number of hydrogen-bond acceptors (Lipinski definition) is 4. The minimum atomic E-state index is -0.456. The molecule has 0 aliphatic carbocycles. The lowest BCUT2D eigenvalue weighted by molar-refractivity contribution is -0.129. The van der Waals surface area contributed by atoms with Crippen molar-refractivity contribution in [3.05, 3.63) is 21.4 Å². The van der Waals surface area contributed by atoms with Gasteiger partial charge in [0.1, 0.15) is 6.04 Å². The van der Waals surface area contributed by atoms with Gasteiger partial charge < -0.3 is 10.6 Å². The lowest BCUT2D eigenvalue weighted by Gasteiger charge is -2.21. The highest BCUT2D eigenvalue weighted by atomic mass is 32.2. The summed E-state index contributed by atoms with van der Waals surface area (Å²) in [7, 11) is 0. The van der Waals surface area contributed by atoms with E-state index in [9.17, 15) is 9.59 Å². The molecule has 0 radical (unpaired) electrons. The van der Waals surface area contributed by atoms with Crippen LogP contribution in [0, 0.1) is 13.8 Å². The normalized spacial score (nSPS) is 13.5. The Morgan fingerprint density at radius 3 is 2.50 bits per heavy atom. The average Bonchev–Trinajstić information content (AvgIpc) is 2.81. The molecule has 2 N–H and O–H groups in total. The molecule has 1 aromatic rings. The van der Waals surface area contributed by atoms with Gasteiger partial charge in [-0.1, -0.05) is 6.92 Å². The molecule has 0 aliphatic rings. The molecule has 0 saturated carbocycles. The minimum absolute atomic E-state index is 0.0484. The molecule has 1 aromatic heterocycles. The molecule has 2 atom stereocenters. The second-order valence-corrected chi connectivity index (χ2v) is 7.80. The molecule has 0 bridgehead atoms. The van der Waals surface area contributed by atoms with Gasteiger partial charge >= 0.3 is 0 Å². The Morgan fingerprint density at radius 1 is 1.32 bits per heavy atom. The van der Waals surface area contributed by atoms with Crippen LogP contribution in [-0.2, 0) is 9.59 Å². The third kappa shape index (κ3) is 5.65. The van der Waals surface area contributed by atoms with E-state index in [4.69, 9.17) is 0 Å². The zero-order chi connectivity index (χ0) is 16.7. The van der Waals surface area contributed by atoms with E-state index in [1.807, 2.05) is 13.2 Å². The number of carbonyl (C=O) groups excluding carboxylic acids is 2. The SMILES string of the molecule is CCC(=O)NC(CCSC)C(=O)NC(C)c1cc(C)sc1C. The van der Waals surface area contributed by atoms with Crippen LogP contribution in [0.5, 0.6) is 0 Å². The summed E-state index contributed by atoms with van der Waals surface area (Å²) in [4.78, 5) is 26.5. The fourth-order valence-electron chi connectivity index (χ4n) is 2.27. The first kappa shape index (κ1) is 19.0. The van der Waals surface area contributed by atoms with E-state index < -0.39 is 6.04 Å². The Morgan fingerprint density at radius 2 is 2.00 bits per heavy atom. The molecule has 6 heteroatoms. The van der Waals surface area contributed by atoms with Crippen LogP contribution >= 0.6 is 23.1 Å². The number of thiophene rings is 1. The van der Waals surface area contributed by atoms with Gasteiger partial charge in [0, 0.05) is 16.2 Å². The number of thioether (sulfide) groups is 1. The van der Waals surface area contributed by atoms with Gasteiger partial charge in [-0.25, -0.2) is 0 Å². The summed E-state index contributed by atoms with van der Waals surface area (Å²) in [6.45, 7) is 7.91. The van der Waals surface area contributed by atoms with Crippen LogP contribution in [0.15, 0.2) is 6.07 Å². The zero-order valence-electron chi connectivity index (χ0n) is 14.0. The summed E-state index contributed by atoms with van der Waals surface area (Å²) < 4.78 is 0. The maximum atomic E-state index is 12.5. The van der Waals surface area contributed by atoms with Crippen LogP contribution in [0.25, 0.3) is 0 Å². The van der Waals surface area contributed by atoms with Crippen molar-refractivity contribution in [3.8, 4) is 0 Å².